The predicted octanol–water partition coefficient (Wildman–Crippen LogP) is 11.4. The highest BCUT2D eigenvalue weighted by Crippen LogP contribution is 2.23. The number of amides is 1. The fourth-order valence-electron chi connectivity index (χ4n) is 9.50. The highest BCUT2D eigenvalue weighted by molar-refractivity contribution is 5.80. The average molecular weight is 944 g/mol. The second-order valence-corrected chi connectivity index (χ2v) is 20.4. The molecule has 8 N–H and O–H groups in total. The first-order valence-electron chi connectivity index (χ1n) is 28.4. The van der Waals surface area contributed by atoms with E-state index in [2.05, 4.69) is 19.2 Å². The van der Waals surface area contributed by atoms with Crippen LogP contribution in [0, 0.1) is 0 Å². The van der Waals surface area contributed by atoms with E-state index in [4.69, 9.17) is 9.47 Å². The number of carbonyl (C=O) groups is 1. The molecule has 0 bridgehead atoms. The third-order valence-electron chi connectivity index (χ3n) is 14.2. The largest absolute Gasteiger partial charge is 0.394 e. The van der Waals surface area contributed by atoms with Gasteiger partial charge in [0, 0.05) is 0 Å². The van der Waals surface area contributed by atoms with Gasteiger partial charge in [0.15, 0.2) is 6.29 Å². The second kappa shape index (κ2) is 45.3. The van der Waals surface area contributed by atoms with Crippen LogP contribution in [0.3, 0.4) is 0 Å². The summed E-state index contributed by atoms with van der Waals surface area (Å²) in [5.41, 5.74) is 0. The van der Waals surface area contributed by atoms with Gasteiger partial charge in [-0.25, -0.2) is 0 Å². The van der Waals surface area contributed by atoms with E-state index in [9.17, 15) is 40.5 Å². The minimum Gasteiger partial charge on any atom is -0.394 e. The van der Waals surface area contributed by atoms with Gasteiger partial charge in [0.05, 0.1) is 25.4 Å². The summed E-state index contributed by atoms with van der Waals surface area (Å²) in [6.45, 7) is 3.36. The topological polar surface area (TPSA) is 189 Å². The molecule has 11 heteroatoms. The molecule has 0 radical (unpaired) electrons. The molecule has 66 heavy (non-hydrogen) atoms. The average Bonchev–Trinajstić information content (AvgIpc) is 3.32. The van der Waals surface area contributed by atoms with Crippen LogP contribution < -0.4 is 5.32 Å². The summed E-state index contributed by atoms with van der Waals surface area (Å²) in [5.74, 6) is -0.697. The molecule has 0 aromatic heterocycles. The molecule has 0 aliphatic carbocycles. The summed E-state index contributed by atoms with van der Waals surface area (Å²) >= 11 is 0. The Bertz CT molecular complexity index is 1040. The molecule has 394 valence electrons. The summed E-state index contributed by atoms with van der Waals surface area (Å²) in [6.07, 6.45) is 39.9. The van der Waals surface area contributed by atoms with Crippen LogP contribution in [0.15, 0.2) is 0 Å². The minimum atomic E-state index is -1.65. The van der Waals surface area contributed by atoms with Gasteiger partial charge in [-0.15, -0.1) is 0 Å². The molecule has 0 saturated carbocycles. The van der Waals surface area contributed by atoms with Crippen molar-refractivity contribution >= 4 is 5.91 Å². The Kier molecular flexibility index (Phi) is 43.3. The molecule has 1 amide bonds. The Hall–Kier alpha value is -0.890. The van der Waals surface area contributed by atoms with Crippen LogP contribution in [-0.2, 0) is 14.3 Å². The van der Waals surface area contributed by atoms with Crippen LogP contribution in [0.25, 0.3) is 0 Å². The van der Waals surface area contributed by atoms with Gasteiger partial charge in [-0.05, 0) is 12.8 Å². The van der Waals surface area contributed by atoms with Crippen LogP contribution in [0.5, 0.6) is 0 Å². The molecular formula is C55H109NO10. The molecule has 1 aliphatic heterocycles. The number of aliphatic hydroxyl groups excluding tert-OH is 7. The van der Waals surface area contributed by atoms with Crippen LogP contribution in [0.1, 0.15) is 277 Å². The highest BCUT2D eigenvalue weighted by atomic mass is 16.7. The van der Waals surface area contributed by atoms with Crippen molar-refractivity contribution in [3.05, 3.63) is 0 Å². The van der Waals surface area contributed by atoms with E-state index < -0.39 is 74.2 Å². The van der Waals surface area contributed by atoms with Gasteiger partial charge >= 0.3 is 0 Å². The monoisotopic (exact) mass is 944 g/mol. The molecule has 0 aromatic rings. The standard InChI is InChI=1S/C55H109NO10/c1-3-5-7-9-10-11-12-13-14-15-16-17-18-19-20-21-22-23-24-25-26-27-28-29-30-31-32-33-34-35-36-37-39-41-43-48(59)54(64)56-46(50(60)47(58)42-40-38-8-6-4-2)45-65-55-53(63)52(62)51(61)49(44-57)66-55/h46-53,55,57-63H,3-45H2,1-2H3,(H,56,64). The Labute approximate surface area is 405 Å². The minimum absolute atomic E-state index is 0.266. The summed E-state index contributed by atoms with van der Waals surface area (Å²) in [7, 11) is 0. The first-order valence-corrected chi connectivity index (χ1v) is 28.4. The number of nitrogens with one attached hydrogen (secondary N) is 1. The van der Waals surface area contributed by atoms with Crippen molar-refractivity contribution in [1.29, 1.82) is 0 Å². The van der Waals surface area contributed by atoms with Gasteiger partial charge in [-0.1, -0.05) is 264 Å². The molecule has 1 aliphatic rings. The summed E-state index contributed by atoms with van der Waals surface area (Å²) in [6, 6.07) is -1.16. The van der Waals surface area contributed by atoms with E-state index in [0.717, 1.165) is 44.9 Å². The van der Waals surface area contributed by atoms with Crippen molar-refractivity contribution in [2.75, 3.05) is 13.2 Å². The van der Waals surface area contributed by atoms with E-state index in [1.54, 1.807) is 0 Å². The van der Waals surface area contributed by atoms with Crippen molar-refractivity contribution in [1.82, 2.24) is 5.32 Å². The number of ether oxygens (including phenoxy) is 2. The summed E-state index contributed by atoms with van der Waals surface area (Å²) < 4.78 is 11.0. The first kappa shape index (κ1) is 63.1. The Balaban J connectivity index is 2.04. The lowest BCUT2D eigenvalue weighted by Crippen LogP contribution is -2.60. The van der Waals surface area contributed by atoms with E-state index in [1.807, 2.05) is 0 Å². The molecular weight excluding hydrogens is 835 g/mol. The number of hydrogen-bond donors (Lipinski definition) is 8. The Morgan fingerprint density at radius 1 is 0.470 bits per heavy atom. The number of hydrogen-bond acceptors (Lipinski definition) is 10. The van der Waals surface area contributed by atoms with Crippen molar-refractivity contribution in [3.63, 3.8) is 0 Å². The second-order valence-electron chi connectivity index (χ2n) is 20.4. The van der Waals surface area contributed by atoms with E-state index in [1.165, 1.54) is 193 Å². The van der Waals surface area contributed by atoms with Gasteiger partial charge in [0.25, 0.3) is 0 Å². The van der Waals surface area contributed by atoms with Crippen molar-refractivity contribution in [3.8, 4) is 0 Å². The van der Waals surface area contributed by atoms with Crippen LogP contribution in [0.4, 0.5) is 0 Å². The zero-order chi connectivity index (χ0) is 48.3. The Morgan fingerprint density at radius 3 is 1.12 bits per heavy atom. The third-order valence-corrected chi connectivity index (χ3v) is 14.2. The molecule has 1 fully saturated rings. The molecule has 9 atom stereocenters. The zero-order valence-electron chi connectivity index (χ0n) is 43.0. The molecule has 0 aromatic carbocycles. The summed E-state index contributed by atoms with van der Waals surface area (Å²) in [5, 5.41) is 75.2. The zero-order valence-corrected chi connectivity index (χ0v) is 43.0. The lowest BCUT2D eigenvalue weighted by Gasteiger charge is -2.40. The Morgan fingerprint density at radius 2 is 0.788 bits per heavy atom. The fourth-order valence-corrected chi connectivity index (χ4v) is 9.50. The third kappa shape index (κ3) is 33.6. The highest BCUT2D eigenvalue weighted by Gasteiger charge is 2.44. The smallest absolute Gasteiger partial charge is 0.249 e. The van der Waals surface area contributed by atoms with Crippen LogP contribution in [0.2, 0.25) is 0 Å². The molecule has 9 unspecified atom stereocenters. The molecule has 0 spiro atoms. The maximum Gasteiger partial charge on any atom is 0.249 e. The van der Waals surface area contributed by atoms with Crippen molar-refractivity contribution < 1.29 is 50.0 Å². The number of aliphatic hydroxyl groups is 7. The number of unbranched alkanes of at least 4 members (excludes halogenated alkanes) is 37. The van der Waals surface area contributed by atoms with E-state index >= 15 is 0 Å². The van der Waals surface area contributed by atoms with Crippen molar-refractivity contribution in [2.24, 2.45) is 0 Å². The number of rotatable bonds is 49. The first-order chi connectivity index (χ1) is 32.2. The van der Waals surface area contributed by atoms with E-state index in [0.29, 0.717) is 19.3 Å². The van der Waals surface area contributed by atoms with Gasteiger partial charge in [-0.3, -0.25) is 4.79 Å². The maximum absolute atomic E-state index is 13.0. The fraction of sp³-hybridized carbons (Fsp3) is 0.982. The van der Waals surface area contributed by atoms with Gasteiger partial charge < -0.3 is 50.5 Å². The lowest BCUT2D eigenvalue weighted by molar-refractivity contribution is -0.303. The predicted molar refractivity (Wildman–Crippen MR) is 270 cm³/mol. The van der Waals surface area contributed by atoms with Crippen LogP contribution >= 0.6 is 0 Å². The lowest BCUT2D eigenvalue weighted by atomic mass is 9.98. The number of carbonyl (C=O) groups excluding carboxylic acids is 1. The quantitative estimate of drug-likeness (QED) is 0.0273. The normalized spacial score (nSPS) is 20.7. The SMILES string of the molecule is CCCCCCCCCCCCCCCCCCCCCCCCCCCCCCCCCCCCC(O)C(=O)NC(COC1OC(CO)C(O)C(O)C1O)C(O)C(O)CCCCCCC. The molecule has 1 saturated heterocycles. The molecule has 1 rings (SSSR count). The molecule has 1 heterocycles. The van der Waals surface area contributed by atoms with Crippen LogP contribution in [-0.4, -0.2) is 110 Å². The maximum atomic E-state index is 13.0. The van der Waals surface area contributed by atoms with Gasteiger partial charge in [-0.2, -0.15) is 0 Å². The summed E-state index contributed by atoms with van der Waals surface area (Å²) in [4.78, 5) is 13.0. The van der Waals surface area contributed by atoms with Gasteiger partial charge in [0.2, 0.25) is 5.91 Å². The van der Waals surface area contributed by atoms with E-state index in [-0.39, 0.29) is 6.42 Å². The van der Waals surface area contributed by atoms with Crippen molar-refractivity contribution in [2.45, 2.75) is 332 Å². The molecule has 11 nitrogen and oxygen atoms in total. The van der Waals surface area contributed by atoms with Gasteiger partial charge in [0.1, 0.15) is 36.6 Å².